The Hall–Kier alpha value is -1.22. The van der Waals surface area contributed by atoms with Gasteiger partial charge in [0.05, 0.1) is 6.42 Å². The summed E-state index contributed by atoms with van der Waals surface area (Å²) < 4.78 is 0. The second-order valence-electron chi connectivity index (χ2n) is 5.40. The standard InChI is InChI=1S/C14H17ClO3/c1-8(2)9-5-12(16)10(6-11(9)15)14(3-4-14)7-13(17)18/h5-6,8,16H,3-4,7H2,1-2H3,(H,17,18). The highest BCUT2D eigenvalue weighted by molar-refractivity contribution is 6.31. The van der Waals surface area contributed by atoms with Gasteiger partial charge in [-0.25, -0.2) is 0 Å². The van der Waals surface area contributed by atoms with E-state index in [-0.39, 0.29) is 18.1 Å². The van der Waals surface area contributed by atoms with Crippen LogP contribution in [-0.2, 0) is 10.2 Å². The zero-order valence-electron chi connectivity index (χ0n) is 10.5. The van der Waals surface area contributed by atoms with Gasteiger partial charge in [-0.05, 0) is 36.5 Å². The summed E-state index contributed by atoms with van der Waals surface area (Å²) in [4.78, 5) is 10.9. The lowest BCUT2D eigenvalue weighted by Crippen LogP contribution is -2.13. The van der Waals surface area contributed by atoms with Crippen molar-refractivity contribution in [1.29, 1.82) is 0 Å². The van der Waals surface area contributed by atoms with Crippen LogP contribution >= 0.6 is 11.6 Å². The molecule has 3 nitrogen and oxygen atoms in total. The van der Waals surface area contributed by atoms with Crippen molar-refractivity contribution in [3.05, 3.63) is 28.3 Å². The molecule has 0 atom stereocenters. The summed E-state index contributed by atoms with van der Waals surface area (Å²) in [6.07, 6.45) is 1.65. The van der Waals surface area contributed by atoms with Gasteiger partial charge in [0, 0.05) is 16.0 Å². The fraction of sp³-hybridized carbons (Fsp3) is 0.500. The highest BCUT2D eigenvalue weighted by Crippen LogP contribution is 2.54. The van der Waals surface area contributed by atoms with Gasteiger partial charge in [-0.15, -0.1) is 0 Å². The molecule has 0 unspecified atom stereocenters. The summed E-state index contributed by atoms with van der Waals surface area (Å²) in [5.74, 6) is -0.440. The van der Waals surface area contributed by atoms with Crippen LogP contribution in [0.4, 0.5) is 0 Å². The molecule has 1 fully saturated rings. The molecule has 0 saturated heterocycles. The lowest BCUT2D eigenvalue weighted by molar-refractivity contribution is -0.137. The van der Waals surface area contributed by atoms with E-state index in [1.54, 1.807) is 12.1 Å². The van der Waals surface area contributed by atoms with Crippen LogP contribution in [0.2, 0.25) is 5.02 Å². The lowest BCUT2D eigenvalue weighted by Gasteiger charge is -2.18. The van der Waals surface area contributed by atoms with E-state index in [9.17, 15) is 9.90 Å². The van der Waals surface area contributed by atoms with E-state index in [0.717, 1.165) is 18.4 Å². The molecule has 1 aromatic rings. The number of hydrogen-bond acceptors (Lipinski definition) is 2. The molecule has 1 saturated carbocycles. The molecular formula is C14H17ClO3. The van der Waals surface area contributed by atoms with Gasteiger partial charge >= 0.3 is 5.97 Å². The van der Waals surface area contributed by atoms with Crippen LogP contribution < -0.4 is 0 Å². The number of carboxylic acids is 1. The van der Waals surface area contributed by atoms with E-state index in [1.807, 2.05) is 13.8 Å². The number of phenolic OH excluding ortho intramolecular Hbond substituents is 1. The summed E-state index contributed by atoms with van der Waals surface area (Å²) >= 11 is 6.21. The van der Waals surface area contributed by atoms with Crippen LogP contribution in [0.15, 0.2) is 12.1 Å². The number of carbonyl (C=O) groups is 1. The third kappa shape index (κ3) is 2.32. The first-order valence-corrected chi connectivity index (χ1v) is 6.48. The van der Waals surface area contributed by atoms with Gasteiger partial charge in [-0.3, -0.25) is 4.79 Å². The Balaban J connectivity index is 2.41. The summed E-state index contributed by atoms with van der Waals surface area (Å²) in [6.45, 7) is 4.01. The molecule has 0 aliphatic heterocycles. The summed E-state index contributed by atoms with van der Waals surface area (Å²) in [5.41, 5.74) is 1.16. The highest BCUT2D eigenvalue weighted by Gasteiger charge is 2.47. The molecule has 18 heavy (non-hydrogen) atoms. The highest BCUT2D eigenvalue weighted by atomic mass is 35.5. The monoisotopic (exact) mass is 268 g/mol. The number of rotatable bonds is 4. The number of phenols is 1. The average Bonchev–Trinajstić information content (AvgIpc) is 3.00. The average molecular weight is 269 g/mol. The molecule has 1 aromatic carbocycles. The SMILES string of the molecule is CC(C)c1cc(O)c(C2(CC(=O)O)CC2)cc1Cl. The van der Waals surface area contributed by atoms with E-state index < -0.39 is 11.4 Å². The van der Waals surface area contributed by atoms with Crippen molar-refractivity contribution >= 4 is 17.6 Å². The van der Waals surface area contributed by atoms with Crippen LogP contribution in [0.5, 0.6) is 5.75 Å². The smallest absolute Gasteiger partial charge is 0.304 e. The quantitative estimate of drug-likeness (QED) is 0.876. The first-order valence-electron chi connectivity index (χ1n) is 6.10. The fourth-order valence-electron chi connectivity index (χ4n) is 2.43. The van der Waals surface area contributed by atoms with Gasteiger partial charge in [0.2, 0.25) is 0 Å². The number of carboxylic acid groups (broad SMARTS) is 1. The Labute approximate surface area is 111 Å². The van der Waals surface area contributed by atoms with Gasteiger partial charge in [0.1, 0.15) is 5.75 Å². The zero-order chi connectivity index (χ0) is 13.5. The normalized spacial score (nSPS) is 16.9. The molecule has 0 amide bonds. The number of hydrogen-bond donors (Lipinski definition) is 2. The topological polar surface area (TPSA) is 57.5 Å². The molecule has 0 radical (unpaired) electrons. The van der Waals surface area contributed by atoms with Crippen molar-refractivity contribution in [3.63, 3.8) is 0 Å². The first kappa shape index (κ1) is 13.2. The number of benzene rings is 1. The first-order chi connectivity index (χ1) is 8.35. The Morgan fingerprint density at radius 3 is 2.50 bits per heavy atom. The molecule has 0 spiro atoms. The van der Waals surface area contributed by atoms with Crippen molar-refractivity contribution in [3.8, 4) is 5.75 Å². The minimum Gasteiger partial charge on any atom is -0.508 e. The molecule has 0 aromatic heterocycles. The third-order valence-electron chi connectivity index (χ3n) is 3.65. The molecule has 0 heterocycles. The van der Waals surface area contributed by atoms with Crippen LogP contribution in [0.25, 0.3) is 0 Å². The van der Waals surface area contributed by atoms with E-state index in [4.69, 9.17) is 16.7 Å². The predicted molar refractivity (Wildman–Crippen MR) is 70.4 cm³/mol. The van der Waals surface area contributed by atoms with Crippen LogP contribution in [-0.4, -0.2) is 16.2 Å². The number of halogens is 1. The number of aromatic hydroxyl groups is 1. The van der Waals surface area contributed by atoms with E-state index in [1.165, 1.54) is 0 Å². The maximum Gasteiger partial charge on any atom is 0.304 e. The van der Waals surface area contributed by atoms with E-state index >= 15 is 0 Å². The molecule has 2 N–H and O–H groups in total. The Bertz CT molecular complexity index is 490. The zero-order valence-corrected chi connectivity index (χ0v) is 11.3. The third-order valence-corrected chi connectivity index (χ3v) is 3.98. The molecule has 1 aliphatic carbocycles. The molecule has 1 aliphatic rings. The Kier molecular flexibility index (Phi) is 3.28. The van der Waals surface area contributed by atoms with E-state index in [2.05, 4.69) is 0 Å². The predicted octanol–water partition coefficient (Wildman–Crippen LogP) is 3.68. The Morgan fingerprint density at radius 2 is 2.06 bits per heavy atom. The van der Waals surface area contributed by atoms with Gasteiger partial charge in [0.25, 0.3) is 0 Å². The Morgan fingerprint density at radius 1 is 1.44 bits per heavy atom. The van der Waals surface area contributed by atoms with Gasteiger partial charge in [0.15, 0.2) is 0 Å². The van der Waals surface area contributed by atoms with Crippen molar-refractivity contribution in [1.82, 2.24) is 0 Å². The summed E-state index contributed by atoms with van der Waals surface area (Å²) in [7, 11) is 0. The van der Waals surface area contributed by atoms with Crippen molar-refractivity contribution < 1.29 is 15.0 Å². The summed E-state index contributed by atoms with van der Waals surface area (Å²) in [5, 5.41) is 19.6. The van der Waals surface area contributed by atoms with Crippen LogP contribution in [0.1, 0.15) is 50.2 Å². The van der Waals surface area contributed by atoms with Gasteiger partial charge in [-0.2, -0.15) is 0 Å². The van der Waals surface area contributed by atoms with Gasteiger partial charge in [-0.1, -0.05) is 25.4 Å². The molecule has 0 bridgehead atoms. The van der Waals surface area contributed by atoms with Crippen molar-refractivity contribution in [2.24, 2.45) is 0 Å². The van der Waals surface area contributed by atoms with Crippen LogP contribution in [0.3, 0.4) is 0 Å². The number of aliphatic carboxylic acids is 1. The second-order valence-corrected chi connectivity index (χ2v) is 5.80. The fourth-order valence-corrected chi connectivity index (χ4v) is 2.81. The maximum absolute atomic E-state index is 10.9. The molecule has 4 heteroatoms. The second kappa shape index (κ2) is 4.47. The molecule has 98 valence electrons. The van der Waals surface area contributed by atoms with E-state index in [0.29, 0.717) is 10.6 Å². The molecular weight excluding hydrogens is 252 g/mol. The maximum atomic E-state index is 10.9. The minimum atomic E-state index is -0.837. The van der Waals surface area contributed by atoms with Gasteiger partial charge < -0.3 is 10.2 Å². The molecule has 2 rings (SSSR count). The van der Waals surface area contributed by atoms with Crippen LogP contribution in [0, 0.1) is 0 Å². The minimum absolute atomic E-state index is 0.0535. The van der Waals surface area contributed by atoms with Crippen molar-refractivity contribution in [2.45, 2.75) is 44.4 Å². The summed E-state index contributed by atoms with van der Waals surface area (Å²) in [6, 6.07) is 3.41. The largest absolute Gasteiger partial charge is 0.508 e. The van der Waals surface area contributed by atoms with Crippen molar-refractivity contribution in [2.75, 3.05) is 0 Å². The lowest BCUT2D eigenvalue weighted by atomic mass is 9.89.